The highest BCUT2D eigenvalue weighted by Crippen LogP contribution is 2.19. The van der Waals surface area contributed by atoms with Crippen LogP contribution in [0.2, 0.25) is 0 Å². The number of carbonyl (C=O) groups is 1. The van der Waals surface area contributed by atoms with Gasteiger partial charge >= 0.3 is 0 Å². The van der Waals surface area contributed by atoms with Gasteiger partial charge in [-0.1, -0.05) is 6.07 Å². The average Bonchev–Trinajstić information content (AvgIpc) is 2.54. The van der Waals surface area contributed by atoms with Gasteiger partial charge in [0.05, 0.1) is 4.88 Å². The van der Waals surface area contributed by atoms with Crippen LogP contribution in [0.5, 0.6) is 0 Å². The van der Waals surface area contributed by atoms with Gasteiger partial charge in [-0.05, 0) is 11.4 Å². The van der Waals surface area contributed by atoms with E-state index in [9.17, 15) is 14.9 Å². The molecule has 0 aliphatic heterocycles. The molecule has 0 saturated heterocycles. The molecule has 0 saturated carbocycles. The number of nitrogens with zero attached hydrogens (tertiary/aromatic N) is 1. The summed E-state index contributed by atoms with van der Waals surface area (Å²) in [6.45, 7) is 2.63. The number of hydrogen-bond acceptors (Lipinski definition) is 4. The minimum Gasteiger partial charge on any atom is -0.285 e. The quantitative estimate of drug-likeness (QED) is 0.425. The summed E-state index contributed by atoms with van der Waals surface area (Å²) in [6, 6.07) is 3.30. The van der Waals surface area contributed by atoms with Crippen LogP contribution in [0.15, 0.2) is 17.5 Å². The zero-order valence-electron chi connectivity index (χ0n) is 7.31. The van der Waals surface area contributed by atoms with Crippen LogP contribution < -0.4 is 0 Å². The van der Waals surface area contributed by atoms with Gasteiger partial charge in [0.15, 0.2) is 0 Å². The van der Waals surface area contributed by atoms with Crippen LogP contribution in [-0.2, 0) is 0 Å². The van der Waals surface area contributed by atoms with E-state index in [-0.39, 0.29) is 0 Å². The molecule has 0 aliphatic carbocycles. The maximum absolute atomic E-state index is 11.5. The second kappa shape index (κ2) is 3.26. The first kappa shape index (κ1) is 9.85. The van der Waals surface area contributed by atoms with E-state index in [1.165, 1.54) is 25.2 Å². The van der Waals surface area contributed by atoms with Crippen LogP contribution in [-0.4, -0.2) is 16.2 Å². The molecule has 4 nitrogen and oxygen atoms in total. The molecule has 70 valence electrons. The lowest BCUT2D eigenvalue weighted by Gasteiger charge is -2.12. The molecule has 0 fully saturated rings. The summed E-state index contributed by atoms with van der Waals surface area (Å²) in [7, 11) is 0. The topological polar surface area (TPSA) is 60.2 Å². The van der Waals surface area contributed by atoms with Gasteiger partial charge in [0.25, 0.3) is 5.54 Å². The van der Waals surface area contributed by atoms with Crippen molar-refractivity contribution in [2.75, 3.05) is 0 Å². The Kier molecular flexibility index (Phi) is 2.47. The Hall–Kier alpha value is -1.23. The molecule has 0 unspecified atom stereocenters. The fourth-order valence-corrected chi connectivity index (χ4v) is 1.61. The predicted octanol–water partition coefficient (Wildman–Crippen LogP) is 1.99. The molecule has 0 atom stereocenters. The van der Waals surface area contributed by atoms with E-state index in [1.807, 2.05) is 0 Å². The molecule has 1 aromatic rings. The van der Waals surface area contributed by atoms with Crippen molar-refractivity contribution >= 4 is 17.1 Å². The molecular weight excluding hydrogens is 190 g/mol. The van der Waals surface area contributed by atoms with Crippen LogP contribution in [0.1, 0.15) is 23.5 Å². The van der Waals surface area contributed by atoms with Crippen LogP contribution in [0.25, 0.3) is 0 Å². The Bertz CT molecular complexity index is 329. The molecule has 5 heteroatoms. The highest BCUT2D eigenvalue weighted by molar-refractivity contribution is 7.12. The molecule has 0 spiro atoms. The number of carbonyl (C=O) groups excluding carboxylic acids is 1. The van der Waals surface area contributed by atoms with Crippen molar-refractivity contribution in [1.29, 1.82) is 0 Å². The third-order valence-corrected chi connectivity index (χ3v) is 2.63. The van der Waals surface area contributed by atoms with Crippen molar-refractivity contribution in [3.05, 3.63) is 32.5 Å². The SMILES string of the molecule is CC(C)(C(=O)c1cccs1)[N+](=O)[O-]. The van der Waals surface area contributed by atoms with Crippen molar-refractivity contribution < 1.29 is 9.72 Å². The molecule has 0 radical (unpaired) electrons. The molecule has 1 rings (SSSR count). The number of nitro groups is 1. The molecule has 0 aromatic carbocycles. The third-order valence-electron chi connectivity index (χ3n) is 1.76. The Balaban J connectivity index is 2.98. The summed E-state index contributed by atoms with van der Waals surface area (Å²) >= 11 is 1.22. The zero-order chi connectivity index (χ0) is 10.1. The van der Waals surface area contributed by atoms with Gasteiger partial charge in [0.1, 0.15) is 0 Å². The van der Waals surface area contributed by atoms with Crippen LogP contribution in [0.4, 0.5) is 0 Å². The minimum absolute atomic E-state index is 0.432. The molecule has 0 N–H and O–H groups in total. The lowest BCUT2D eigenvalue weighted by atomic mass is 9.99. The van der Waals surface area contributed by atoms with E-state index in [0.29, 0.717) is 4.88 Å². The Morgan fingerprint density at radius 2 is 2.23 bits per heavy atom. The Morgan fingerprint density at radius 3 is 2.62 bits per heavy atom. The summed E-state index contributed by atoms with van der Waals surface area (Å²) in [5.41, 5.74) is -1.52. The van der Waals surface area contributed by atoms with Gasteiger partial charge in [-0.15, -0.1) is 11.3 Å². The van der Waals surface area contributed by atoms with Crippen LogP contribution >= 0.6 is 11.3 Å². The van der Waals surface area contributed by atoms with E-state index in [1.54, 1.807) is 17.5 Å². The first-order valence-electron chi connectivity index (χ1n) is 3.69. The summed E-state index contributed by atoms with van der Waals surface area (Å²) in [6.07, 6.45) is 0. The normalized spacial score (nSPS) is 11.2. The number of hydrogen-bond donors (Lipinski definition) is 0. The van der Waals surface area contributed by atoms with Gasteiger partial charge in [-0.25, -0.2) is 0 Å². The number of rotatable bonds is 3. The van der Waals surface area contributed by atoms with Gasteiger partial charge in [0.2, 0.25) is 5.78 Å². The third kappa shape index (κ3) is 1.75. The van der Waals surface area contributed by atoms with E-state index in [4.69, 9.17) is 0 Å². The van der Waals surface area contributed by atoms with E-state index >= 15 is 0 Å². The van der Waals surface area contributed by atoms with Crippen molar-refractivity contribution in [2.24, 2.45) is 0 Å². The standard InChI is InChI=1S/C8H9NO3S/c1-8(2,9(11)12)7(10)6-4-3-5-13-6/h3-5H,1-2H3. The maximum Gasteiger partial charge on any atom is 0.279 e. The molecule has 1 aromatic heterocycles. The smallest absolute Gasteiger partial charge is 0.279 e. The molecule has 0 bridgehead atoms. The number of Topliss-reactive ketones (excluding diaryl/α,β-unsaturated/α-hetero) is 1. The summed E-state index contributed by atoms with van der Waals surface area (Å²) < 4.78 is 0. The lowest BCUT2D eigenvalue weighted by Crippen LogP contribution is -2.39. The second-order valence-corrected chi connectivity index (χ2v) is 4.07. The number of thiophene rings is 1. The predicted molar refractivity (Wildman–Crippen MR) is 49.7 cm³/mol. The average molecular weight is 199 g/mol. The zero-order valence-corrected chi connectivity index (χ0v) is 8.13. The molecule has 13 heavy (non-hydrogen) atoms. The second-order valence-electron chi connectivity index (χ2n) is 3.12. The van der Waals surface area contributed by atoms with Gasteiger partial charge in [0, 0.05) is 18.8 Å². The van der Waals surface area contributed by atoms with Crippen LogP contribution in [0.3, 0.4) is 0 Å². The highest BCUT2D eigenvalue weighted by Gasteiger charge is 2.41. The highest BCUT2D eigenvalue weighted by atomic mass is 32.1. The van der Waals surface area contributed by atoms with Crippen molar-refractivity contribution in [1.82, 2.24) is 0 Å². The van der Waals surface area contributed by atoms with E-state index in [2.05, 4.69) is 0 Å². The van der Waals surface area contributed by atoms with E-state index < -0.39 is 16.2 Å². The van der Waals surface area contributed by atoms with Gasteiger partial charge < -0.3 is 0 Å². The van der Waals surface area contributed by atoms with Crippen LogP contribution in [0, 0.1) is 10.1 Å². The summed E-state index contributed by atoms with van der Waals surface area (Å²) in [5.74, 6) is -0.437. The fourth-order valence-electron chi connectivity index (χ4n) is 0.792. The van der Waals surface area contributed by atoms with Crippen molar-refractivity contribution in [3.63, 3.8) is 0 Å². The first-order chi connectivity index (χ1) is 5.96. The maximum atomic E-state index is 11.5. The minimum atomic E-state index is -1.52. The summed E-state index contributed by atoms with van der Waals surface area (Å²) in [5, 5.41) is 12.3. The molecule has 0 aliphatic rings. The first-order valence-corrected chi connectivity index (χ1v) is 4.57. The lowest BCUT2D eigenvalue weighted by molar-refractivity contribution is -0.540. The summed E-state index contributed by atoms with van der Waals surface area (Å²) in [4.78, 5) is 22.0. The Labute approximate surface area is 79.3 Å². The van der Waals surface area contributed by atoms with E-state index in [0.717, 1.165) is 0 Å². The number of ketones is 1. The van der Waals surface area contributed by atoms with Gasteiger partial charge in [-0.2, -0.15) is 0 Å². The fraction of sp³-hybridized carbons (Fsp3) is 0.375. The Morgan fingerprint density at radius 1 is 1.62 bits per heavy atom. The largest absolute Gasteiger partial charge is 0.285 e. The molecule has 0 amide bonds. The molecule has 1 heterocycles. The molecular formula is C8H9NO3S. The van der Waals surface area contributed by atoms with Gasteiger partial charge in [-0.3, -0.25) is 14.9 Å². The monoisotopic (exact) mass is 199 g/mol. The van der Waals surface area contributed by atoms with Crippen molar-refractivity contribution in [3.8, 4) is 0 Å². The van der Waals surface area contributed by atoms with Crippen molar-refractivity contribution in [2.45, 2.75) is 19.4 Å².